The summed E-state index contributed by atoms with van der Waals surface area (Å²) in [5.74, 6) is -1.47. The Morgan fingerprint density at radius 2 is 1.73 bits per heavy atom. The van der Waals surface area contributed by atoms with Crippen molar-refractivity contribution in [3.8, 4) is 5.69 Å². The molecule has 1 aliphatic carbocycles. The number of aliphatic carboxylic acids is 1. The number of hydrogen-bond acceptors (Lipinski definition) is 5. The van der Waals surface area contributed by atoms with Crippen LogP contribution >= 0.6 is 0 Å². The molecule has 0 spiro atoms. The molecule has 1 saturated carbocycles. The van der Waals surface area contributed by atoms with Crippen molar-refractivity contribution in [1.82, 2.24) is 13.7 Å². The predicted molar refractivity (Wildman–Crippen MR) is 138 cm³/mol. The molecule has 190 valence electrons. The van der Waals surface area contributed by atoms with Crippen molar-refractivity contribution in [3.05, 3.63) is 96.2 Å². The summed E-state index contributed by atoms with van der Waals surface area (Å²) in [6.07, 6.45) is 1.14. The quantitative estimate of drug-likeness (QED) is 0.416. The van der Waals surface area contributed by atoms with Crippen LogP contribution < -0.4 is 22.1 Å². The van der Waals surface area contributed by atoms with Crippen LogP contribution in [-0.4, -0.2) is 24.8 Å². The van der Waals surface area contributed by atoms with Crippen LogP contribution in [0.15, 0.2) is 56.8 Å². The van der Waals surface area contributed by atoms with Crippen molar-refractivity contribution in [3.63, 3.8) is 0 Å². The Hall–Kier alpha value is -4.47. The number of rotatable bonds is 6. The zero-order valence-corrected chi connectivity index (χ0v) is 20.5. The van der Waals surface area contributed by atoms with E-state index in [9.17, 15) is 23.6 Å². The van der Waals surface area contributed by atoms with Crippen LogP contribution in [0.4, 0.5) is 15.9 Å². The number of carboxylic acid groups (broad SMARTS) is 1. The topological polar surface area (TPSA) is 115 Å². The van der Waals surface area contributed by atoms with Crippen LogP contribution in [-0.2, 0) is 18.3 Å². The molecule has 0 amide bonds. The summed E-state index contributed by atoms with van der Waals surface area (Å²) in [5.41, 5.74) is 0.402. The SMILES string of the molecule is Cc1ccc(Nc2c3c(=O)n(C4CC4)c(=O)n(-c4ccc(CC(=O)O)cc4)c3c(C)c(=O)n2C)c(F)c1. The van der Waals surface area contributed by atoms with Gasteiger partial charge in [0.05, 0.1) is 23.3 Å². The van der Waals surface area contributed by atoms with E-state index in [0.29, 0.717) is 29.7 Å². The number of pyridine rings is 1. The van der Waals surface area contributed by atoms with Crippen molar-refractivity contribution < 1.29 is 14.3 Å². The van der Waals surface area contributed by atoms with Gasteiger partial charge in [0.2, 0.25) is 0 Å². The third-order valence-corrected chi connectivity index (χ3v) is 6.68. The Kier molecular flexibility index (Phi) is 5.82. The molecule has 0 radical (unpaired) electrons. The molecule has 2 aromatic carbocycles. The summed E-state index contributed by atoms with van der Waals surface area (Å²) in [7, 11) is 1.49. The lowest BCUT2D eigenvalue weighted by Gasteiger charge is -2.20. The van der Waals surface area contributed by atoms with Crippen LogP contribution in [0.3, 0.4) is 0 Å². The highest BCUT2D eigenvalue weighted by Gasteiger charge is 2.31. The second-order valence-electron chi connectivity index (χ2n) is 9.43. The van der Waals surface area contributed by atoms with Crippen LogP contribution in [0.25, 0.3) is 16.6 Å². The van der Waals surface area contributed by atoms with E-state index >= 15 is 0 Å². The Balaban J connectivity index is 1.86. The van der Waals surface area contributed by atoms with Gasteiger partial charge in [-0.1, -0.05) is 18.2 Å². The standard InChI is InChI=1S/C27H25FN4O5/c1-14-4-11-20(19(28)12-14)29-24-22-23(15(2)25(35)30(24)3)31(27(37)32(26(22)36)18-9-10-18)17-7-5-16(6-8-17)13-21(33)34/h4-8,11-12,18,29H,9-10,13H2,1-3H3,(H,33,34). The second kappa shape index (κ2) is 8.88. The number of benzene rings is 2. The number of aryl methyl sites for hydroxylation is 2. The number of nitrogens with zero attached hydrogens (tertiary/aromatic N) is 3. The van der Waals surface area contributed by atoms with Gasteiger partial charge in [-0.15, -0.1) is 0 Å². The first kappa shape index (κ1) is 24.2. The maximum atomic E-state index is 14.8. The number of carboxylic acids is 1. The minimum Gasteiger partial charge on any atom is -0.481 e. The molecule has 37 heavy (non-hydrogen) atoms. The fourth-order valence-corrected chi connectivity index (χ4v) is 4.64. The smallest absolute Gasteiger partial charge is 0.336 e. The van der Waals surface area contributed by atoms with Crippen molar-refractivity contribution >= 4 is 28.4 Å². The molecule has 2 aromatic heterocycles. The monoisotopic (exact) mass is 504 g/mol. The molecule has 0 atom stereocenters. The van der Waals surface area contributed by atoms with E-state index in [2.05, 4.69) is 5.32 Å². The zero-order chi connectivity index (χ0) is 26.6. The molecule has 2 N–H and O–H groups in total. The van der Waals surface area contributed by atoms with Gasteiger partial charge in [0.25, 0.3) is 11.1 Å². The van der Waals surface area contributed by atoms with Crippen LogP contribution in [0.5, 0.6) is 0 Å². The Morgan fingerprint density at radius 3 is 2.32 bits per heavy atom. The molecule has 9 nitrogen and oxygen atoms in total. The molecule has 5 rings (SSSR count). The molecule has 0 aliphatic heterocycles. The first-order valence-corrected chi connectivity index (χ1v) is 11.8. The van der Waals surface area contributed by atoms with E-state index in [0.717, 1.165) is 0 Å². The number of anilines is 2. The van der Waals surface area contributed by atoms with Gasteiger partial charge in [-0.05, 0) is 62.1 Å². The van der Waals surface area contributed by atoms with Gasteiger partial charge in [-0.3, -0.25) is 28.1 Å². The van der Waals surface area contributed by atoms with Crippen molar-refractivity contribution in [2.75, 3.05) is 5.32 Å². The van der Waals surface area contributed by atoms with Gasteiger partial charge in [0, 0.05) is 18.7 Å². The molecule has 1 fully saturated rings. The number of carbonyl (C=O) groups is 1. The third-order valence-electron chi connectivity index (χ3n) is 6.68. The Morgan fingerprint density at radius 1 is 1.05 bits per heavy atom. The second-order valence-corrected chi connectivity index (χ2v) is 9.43. The minimum atomic E-state index is -0.990. The van der Waals surface area contributed by atoms with Crippen molar-refractivity contribution in [1.29, 1.82) is 0 Å². The van der Waals surface area contributed by atoms with Gasteiger partial charge in [-0.2, -0.15) is 0 Å². The molecule has 4 aromatic rings. The lowest BCUT2D eigenvalue weighted by Crippen LogP contribution is -2.41. The summed E-state index contributed by atoms with van der Waals surface area (Å²) < 4.78 is 18.5. The van der Waals surface area contributed by atoms with E-state index in [1.54, 1.807) is 37.3 Å². The summed E-state index contributed by atoms with van der Waals surface area (Å²) in [5, 5.41) is 12.1. The van der Waals surface area contributed by atoms with E-state index in [-0.39, 0.29) is 40.4 Å². The lowest BCUT2D eigenvalue weighted by atomic mass is 10.1. The molecular formula is C27H25FN4O5. The maximum absolute atomic E-state index is 14.8. The highest BCUT2D eigenvalue weighted by atomic mass is 19.1. The Labute approximate surface area is 210 Å². The minimum absolute atomic E-state index is 0.0731. The first-order valence-electron chi connectivity index (χ1n) is 11.8. The first-order chi connectivity index (χ1) is 17.6. The van der Waals surface area contributed by atoms with Gasteiger partial charge in [-0.25, -0.2) is 9.18 Å². The van der Waals surface area contributed by atoms with Crippen LogP contribution in [0.2, 0.25) is 0 Å². The van der Waals surface area contributed by atoms with E-state index < -0.39 is 28.6 Å². The molecule has 0 saturated heterocycles. The number of halogens is 1. The summed E-state index contributed by atoms with van der Waals surface area (Å²) >= 11 is 0. The van der Waals surface area contributed by atoms with Gasteiger partial charge < -0.3 is 10.4 Å². The average Bonchev–Trinajstić information content (AvgIpc) is 3.67. The van der Waals surface area contributed by atoms with Crippen molar-refractivity contribution in [2.24, 2.45) is 7.05 Å². The lowest BCUT2D eigenvalue weighted by molar-refractivity contribution is -0.136. The van der Waals surface area contributed by atoms with Crippen LogP contribution in [0.1, 0.15) is 35.6 Å². The van der Waals surface area contributed by atoms with E-state index in [4.69, 9.17) is 5.11 Å². The number of nitrogens with one attached hydrogen (secondary N) is 1. The fourth-order valence-electron chi connectivity index (χ4n) is 4.64. The molecule has 1 aliphatic rings. The molecule has 2 heterocycles. The van der Waals surface area contributed by atoms with E-state index in [1.807, 2.05) is 0 Å². The summed E-state index contributed by atoms with van der Waals surface area (Å²) in [6, 6.07) is 10.7. The molecule has 0 bridgehead atoms. The van der Waals surface area contributed by atoms with E-state index in [1.165, 1.54) is 39.8 Å². The largest absolute Gasteiger partial charge is 0.481 e. The Bertz CT molecular complexity index is 1760. The van der Waals surface area contributed by atoms with Gasteiger partial charge in [0.15, 0.2) is 0 Å². The van der Waals surface area contributed by atoms with Crippen molar-refractivity contribution in [2.45, 2.75) is 39.2 Å². The molecule has 0 unspecified atom stereocenters. The maximum Gasteiger partial charge on any atom is 0.336 e. The van der Waals surface area contributed by atoms with Gasteiger partial charge >= 0.3 is 11.7 Å². The highest BCUT2D eigenvalue weighted by molar-refractivity contribution is 5.93. The average molecular weight is 505 g/mol. The summed E-state index contributed by atoms with van der Waals surface area (Å²) in [6.45, 7) is 3.29. The fraction of sp³-hybridized carbons (Fsp3) is 0.259. The molecule has 10 heteroatoms. The normalized spacial score (nSPS) is 13.2. The van der Waals surface area contributed by atoms with Gasteiger partial charge in [0.1, 0.15) is 17.0 Å². The number of fused-ring (bicyclic) bond motifs is 1. The number of hydrogen-bond donors (Lipinski definition) is 2. The molecular weight excluding hydrogens is 479 g/mol. The number of aromatic nitrogens is 3. The summed E-state index contributed by atoms with van der Waals surface area (Å²) in [4.78, 5) is 51.9. The predicted octanol–water partition coefficient (Wildman–Crippen LogP) is 3.31. The zero-order valence-electron chi connectivity index (χ0n) is 20.5. The highest BCUT2D eigenvalue weighted by Crippen LogP contribution is 2.34. The van der Waals surface area contributed by atoms with Crippen LogP contribution in [0, 0.1) is 19.7 Å². The third kappa shape index (κ3) is 4.14.